The Balaban J connectivity index is 2.16. The summed E-state index contributed by atoms with van der Waals surface area (Å²) in [6.07, 6.45) is 3.16. The lowest BCUT2D eigenvalue weighted by atomic mass is 10.1. The van der Waals surface area contributed by atoms with Crippen molar-refractivity contribution in [3.8, 4) is 0 Å². The fourth-order valence-electron chi connectivity index (χ4n) is 2.01. The monoisotopic (exact) mass is 258 g/mol. The van der Waals surface area contributed by atoms with Crippen molar-refractivity contribution in [3.63, 3.8) is 0 Å². The van der Waals surface area contributed by atoms with Gasteiger partial charge in [0.1, 0.15) is 5.69 Å². The highest BCUT2D eigenvalue weighted by Gasteiger charge is 2.08. The number of hydrogen-bond acceptors (Lipinski definition) is 2. The van der Waals surface area contributed by atoms with Crippen molar-refractivity contribution >= 4 is 16.7 Å². The molecule has 0 saturated carbocycles. The van der Waals surface area contributed by atoms with Crippen molar-refractivity contribution in [2.75, 3.05) is 6.54 Å². The van der Waals surface area contributed by atoms with Gasteiger partial charge in [0.2, 0.25) is 0 Å². The lowest BCUT2D eigenvalue weighted by molar-refractivity contribution is 0.0948. The number of carbonyl (C=O) groups is 1. The third kappa shape index (κ3) is 3.22. The van der Waals surface area contributed by atoms with Gasteiger partial charge in [0.15, 0.2) is 0 Å². The standard InChI is InChI=1S/C15H18N2O2/c1-2-3-6-9-16-15(19)13-10-11-7-4-5-8-12(11)14(18)17-13/h4-5,7-8,10H,2-3,6,9H2,1H3,(H,16,19)(H,17,18). The zero-order chi connectivity index (χ0) is 13.7. The maximum Gasteiger partial charge on any atom is 0.267 e. The zero-order valence-electron chi connectivity index (χ0n) is 11.0. The number of benzene rings is 1. The van der Waals surface area contributed by atoms with Gasteiger partial charge in [-0.05, 0) is 23.9 Å². The molecule has 0 radical (unpaired) electrons. The van der Waals surface area contributed by atoms with Crippen LogP contribution in [0.4, 0.5) is 0 Å². The number of amides is 1. The Labute approximate surface area is 111 Å². The Hall–Kier alpha value is -2.10. The summed E-state index contributed by atoms with van der Waals surface area (Å²) in [4.78, 5) is 26.4. The molecule has 0 aliphatic carbocycles. The molecule has 0 atom stereocenters. The molecule has 100 valence electrons. The van der Waals surface area contributed by atoms with Gasteiger partial charge in [-0.15, -0.1) is 0 Å². The van der Waals surface area contributed by atoms with E-state index in [-0.39, 0.29) is 11.5 Å². The Morgan fingerprint density at radius 2 is 2.05 bits per heavy atom. The van der Waals surface area contributed by atoms with E-state index in [9.17, 15) is 9.59 Å². The summed E-state index contributed by atoms with van der Waals surface area (Å²) in [6, 6.07) is 8.95. The second-order valence-electron chi connectivity index (χ2n) is 4.56. The fraction of sp³-hybridized carbons (Fsp3) is 0.333. The molecule has 4 nitrogen and oxygen atoms in total. The minimum Gasteiger partial charge on any atom is -0.351 e. The predicted octanol–water partition coefficient (Wildman–Crippen LogP) is 2.45. The van der Waals surface area contributed by atoms with E-state index in [2.05, 4.69) is 17.2 Å². The van der Waals surface area contributed by atoms with Gasteiger partial charge < -0.3 is 10.3 Å². The molecule has 0 unspecified atom stereocenters. The number of fused-ring (bicyclic) bond motifs is 1. The van der Waals surface area contributed by atoms with Gasteiger partial charge in [-0.3, -0.25) is 9.59 Å². The molecular weight excluding hydrogens is 240 g/mol. The smallest absolute Gasteiger partial charge is 0.267 e. The van der Waals surface area contributed by atoms with Crippen LogP contribution in [-0.4, -0.2) is 17.4 Å². The normalized spacial score (nSPS) is 10.6. The number of aromatic amines is 1. The van der Waals surface area contributed by atoms with Crippen molar-refractivity contribution in [1.82, 2.24) is 10.3 Å². The minimum absolute atomic E-state index is 0.223. The molecule has 1 heterocycles. The van der Waals surface area contributed by atoms with E-state index < -0.39 is 0 Å². The van der Waals surface area contributed by atoms with Gasteiger partial charge in [-0.25, -0.2) is 0 Å². The van der Waals surface area contributed by atoms with Crippen LogP contribution in [0.3, 0.4) is 0 Å². The molecular formula is C15H18N2O2. The van der Waals surface area contributed by atoms with Crippen molar-refractivity contribution in [2.24, 2.45) is 0 Å². The highest BCUT2D eigenvalue weighted by molar-refractivity contribution is 5.96. The molecule has 0 spiro atoms. The minimum atomic E-state index is -0.225. The second-order valence-corrected chi connectivity index (χ2v) is 4.56. The molecule has 1 aromatic carbocycles. The van der Waals surface area contributed by atoms with E-state index in [4.69, 9.17) is 0 Å². The lowest BCUT2D eigenvalue weighted by Gasteiger charge is -2.05. The number of carbonyl (C=O) groups excluding carboxylic acids is 1. The van der Waals surface area contributed by atoms with Gasteiger partial charge in [0.25, 0.3) is 11.5 Å². The maximum atomic E-state index is 11.9. The van der Waals surface area contributed by atoms with Gasteiger partial charge in [-0.1, -0.05) is 38.0 Å². The number of pyridine rings is 1. The zero-order valence-corrected chi connectivity index (χ0v) is 11.0. The second kappa shape index (κ2) is 6.18. The van der Waals surface area contributed by atoms with Crippen molar-refractivity contribution in [2.45, 2.75) is 26.2 Å². The highest BCUT2D eigenvalue weighted by atomic mass is 16.2. The number of H-pyrrole nitrogens is 1. The van der Waals surface area contributed by atoms with Crippen molar-refractivity contribution in [1.29, 1.82) is 0 Å². The first-order valence-electron chi connectivity index (χ1n) is 6.62. The Morgan fingerprint density at radius 1 is 1.26 bits per heavy atom. The fourth-order valence-corrected chi connectivity index (χ4v) is 2.01. The van der Waals surface area contributed by atoms with E-state index >= 15 is 0 Å². The van der Waals surface area contributed by atoms with Gasteiger partial charge in [0.05, 0.1) is 0 Å². The lowest BCUT2D eigenvalue weighted by Crippen LogP contribution is -2.27. The highest BCUT2D eigenvalue weighted by Crippen LogP contribution is 2.09. The molecule has 2 aromatic rings. The van der Waals surface area contributed by atoms with Crippen LogP contribution in [0.2, 0.25) is 0 Å². The average molecular weight is 258 g/mol. The molecule has 2 N–H and O–H groups in total. The summed E-state index contributed by atoms with van der Waals surface area (Å²) in [5.41, 5.74) is 0.0945. The first kappa shape index (κ1) is 13.3. The number of unbranched alkanes of at least 4 members (excludes halogenated alkanes) is 2. The van der Waals surface area contributed by atoms with Crippen molar-refractivity contribution < 1.29 is 4.79 Å². The van der Waals surface area contributed by atoms with Crippen LogP contribution in [0.5, 0.6) is 0 Å². The van der Waals surface area contributed by atoms with E-state index in [1.165, 1.54) is 0 Å². The summed E-state index contributed by atoms with van der Waals surface area (Å²) in [5, 5.41) is 4.20. The van der Waals surface area contributed by atoms with Crippen LogP contribution in [-0.2, 0) is 0 Å². The Bertz CT molecular complexity index is 631. The van der Waals surface area contributed by atoms with E-state index in [1.807, 2.05) is 18.2 Å². The molecule has 4 heteroatoms. The molecule has 1 aromatic heterocycles. The third-order valence-electron chi connectivity index (χ3n) is 3.06. The van der Waals surface area contributed by atoms with Crippen LogP contribution in [0, 0.1) is 0 Å². The first-order valence-corrected chi connectivity index (χ1v) is 6.62. The molecule has 0 aliphatic heterocycles. The molecule has 0 bridgehead atoms. The predicted molar refractivity (Wildman–Crippen MR) is 76.4 cm³/mol. The van der Waals surface area contributed by atoms with Crippen molar-refractivity contribution in [3.05, 3.63) is 46.4 Å². The molecule has 0 saturated heterocycles. The van der Waals surface area contributed by atoms with Crippen LogP contribution in [0.25, 0.3) is 10.8 Å². The first-order chi connectivity index (χ1) is 9.22. The Morgan fingerprint density at radius 3 is 2.84 bits per heavy atom. The molecule has 19 heavy (non-hydrogen) atoms. The summed E-state index contributed by atoms with van der Waals surface area (Å²) < 4.78 is 0. The molecule has 0 aliphatic rings. The average Bonchev–Trinajstić information content (AvgIpc) is 2.43. The molecule has 1 amide bonds. The summed E-state index contributed by atoms with van der Waals surface area (Å²) in [7, 11) is 0. The summed E-state index contributed by atoms with van der Waals surface area (Å²) in [5.74, 6) is -0.223. The van der Waals surface area contributed by atoms with Gasteiger partial charge in [0, 0.05) is 11.9 Å². The largest absolute Gasteiger partial charge is 0.351 e. The van der Waals surface area contributed by atoms with Crippen LogP contribution in [0.1, 0.15) is 36.7 Å². The van der Waals surface area contributed by atoms with E-state index in [1.54, 1.807) is 12.1 Å². The summed E-state index contributed by atoms with van der Waals surface area (Å²) in [6.45, 7) is 2.75. The van der Waals surface area contributed by atoms with Crippen LogP contribution < -0.4 is 10.9 Å². The SMILES string of the molecule is CCCCCNC(=O)c1cc2ccccc2c(=O)[nH]1. The number of aromatic nitrogens is 1. The topological polar surface area (TPSA) is 62.0 Å². The van der Waals surface area contributed by atoms with Gasteiger partial charge in [-0.2, -0.15) is 0 Å². The van der Waals surface area contributed by atoms with Crippen LogP contribution in [0.15, 0.2) is 35.1 Å². The van der Waals surface area contributed by atoms with E-state index in [0.717, 1.165) is 24.6 Å². The number of rotatable bonds is 5. The third-order valence-corrected chi connectivity index (χ3v) is 3.06. The Kier molecular flexibility index (Phi) is 4.34. The van der Waals surface area contributed by atoms with Crippen LogP contribution >= 0.6 is 0 Å². The maximum absolute atomic E-state index is 11.9. The quantitative estimate of drug-likeness (QED) is 0.809. The number of hydrogen-bond donors (Lipinski definition) is 2. The molecule has 2 rings (SSSR count). The number of nitrogens with one attached hydrogen (secondary N) is 2. The van der Waals surface area contributed by atoms with Gasteiger partial charge >= 0.3 is 0 Å². The molecule has 0 fully saturated rings. The summed E-state index contributed by atoms with van der Waals surface area (Å²) >= 11 is 0. The van der Waals surface area contributed by atoms with E-state index in [0.29, 0.717) is 17.6 Å².